The van der Waals surface area contributed by atoms with Crippen molar-refractivity contribution in [1.82, 2.24) is 4.90 Å². The Kier molecular flexibility index (Phi) is 4.77. The Morgan fingerprint density at radius 3 is 2.30 bits per heavy atom. The van der Waals surface area contributed by atoms with E-state index in [4.69, 9.17) is 4.74 Å². The van der Waals surface area contributed by atoms with E-state index in [0.717, 1.165) is 11.1 Å². The molecule has 0 saturated carbocycles. The Morgan fingerprint density at radius 2 is 1.65 bits per heavy atom. The fourth-order valence-corrected chi connectivity index (χ4v) is 1.86. The van der Waals surface area contributed by atoms with E-state index in [9.17, 15) is 4.79 Å². The first-order chi connectivity index (χ1) is 9.65. The predicted molar refractivity (Wildman–Crippen MR) is 79.3 cm³/mol. The average Bonchev–Trinajstić information content (AvgIpc) is 2.48. The maximum atomic E-state index is 11.9. The number of nitrogens with zero attached hydrogens (tertiary/aromatic N) is 1. The van der Waals surface area contributed by atoms with Crippen molar-refractivity contribution < 1.29 is 9.53 Å². The summed E-state index contributed by atoms with van der Waals surface area (Å²) in [6.45, 7) is 2.90. The van der Waals surface area contributed by atoms with Crippen molar-refractivity contribution in [3.63, 3.8) is 0 Å². The second kappa shape index (κ2) is 6.75. The third-order valence-electron chi connectivity index (χ3n) is 3.06. The van der Waals surface area contributed by atoms with Gasteiger partial charge in [-0.15, -0.1) is 0 Å². The SMILES string of the molecule is Cc1ccc(CN(C)C(=O)OCc2ccccc2)cc1. The zero-order valence-corrected chi connectivity index (χ0v) is 11.9. The van der Waals surface area contributed by atoms with Gasteiger partial charge in [-0.3, -0.25) is 0 Å². The molecule has 2 rings (SSSR count). The van der Waals surface area contributed by atoms with Crippen LogP contribution < -0.4 is 0 Å². The van der Waals surface area contributed by atoms with Crippen molar-refractivity contribution in [2.45, 2.75) is 20.1 Å². The summed E-state index contributed by atoms with van der Waals surface area (Å²) in [5, 5.41) is 0. The summed E-state index contributed by atoms with van der Waals surface area (Å²) in [6.07, 6.45) is -0.311. The smallest absolute Gasteiger partial charge is 0.410 e. The standard InChI is InChI=1S/C17H19NO2/c1-14-8-10-15(11-9-14)12-18(2)17(19)20-13-16-6-4-3-5-7-16/h3-11H,12-13H2,1-2H3. The van der Waals surface area contributed by atoms with Gasteiger partial charge in [-0.2, -0.15) is 0 Å². The third kappa shape index (κ3) is 4.12. The minimum atomic E-state index is -0.311. The zero-order valence-electron chi connectivity index (χ0n) is 11.9. The summed E-state index contributed by atoms with van der Waals surface area (Å²) < 4.78 is 5.27. The van der Waals surface area contributed by atoms with Crippen LogP contribution in [-0.4, -0.2) is 18.0 Å². The van der Waals surface area contributed by atoms with Gasteiger partial charge in [0.1, 0.15) is 6.61 Å². The van der Waals surface area contributed by atoms with Gasteiger partial charge in [-0.25, -0.2) is 4.79 Å². The molecule has 0 heterocycles. The van der Waals surface area contributed by atoms with Crippen LogP contribution in [0.2, 0.25) is 0 Å². The number of ether oxygens (including phenoxy) is 1. The van der Waals surface area contributed by atoms with Gasteiger partial charge in [-0.1, -0.05) is 60.2 Å². The summed E-state index contributed by atoms with van der Waals surface area (Å²) >= 11 is 0. The molecule has 104 valence electrons. The lowest BCUT2D eigenvalue weighted by Crippen LogP contribution is -2.26. The van der Waals surface area contributed by atoms with Crippen LogP contribution in [0.1, 0.15) is 16.7 Å². The molecular weight excluding hydrogens is 250 g/mol. The number of rotatable bonds is 4. The number of hydrogen-bond acceptors (Lipinski definition) is 2. The van der Waals surface area contributed by atoms with Crippen LogP contribution in [0, 0.1) is 6.92 Å². The molecule has 0 unspecified atom stereocenters. The van der Waals surface area contributed by atoms with E-state index in [-0.39, 0.29) is 6.09 Å². The first-order valence-electron chi connectivity index (χ1n) is 6.62. The average molecular weight is 269 g/mol. The molecule has 0 fully saturated rings. The highest BCUT2D eigenvalue weighted by atomic mass is 16.6. The number of hydrogen-bond donors (Lipinski definition) is 0. The van der Waals surface area contributed by atoms with Gasteiger partial charge in [0.05, 0.1) is 0 Å². The highest BCUT2D eigenvalue weighted by Crippen LogP contribution is 2.08. The highest BCUT2D eigenvalue weighted by Gasteiger charge is 2.10. The minimum Gasteiger partial charge on any atom is -0.445 e. The Labute approximate surface area is 119 Å². The molecule has 0 atom stereocenters. The van der Waals surface area contributed by atoms with E-state index in [1.807, 2.05) is 61.5 Å². The van der Waals surface area contributed by atoms with Crippen LogP contribution in [0.4, 0.5) is 4.79 Å². The van der Waals surface area contributed by atoms with Crippen molar-refractivity contribution in [3.05, 3.63) is 71.3 Å². The van der Waals surface area contributed by atoms with Gasteiger partial charge < -0.3 is 9.64 Å². The van der Waals surface area contributed by atoms with Gasteiger partial charge in [0.2, 0.25) is 0 Å². The molecule has 0 bridgehead atoms. The van der Waals surface area contributed by atoms with Crippen LogP contribution in [0.3, 0.4) is 0 Å². The fourth-order valence-electron chi connectivity index (χ4n) is 1.86. The summed E-state index contributed by atoms with van der Waals surface area (Å²) in [6, 6.07) is 17.8. The van der Waals surface area contributed by atoms with Crippen LogP contribution >= 0.6 is 0 Å². The molecule has 0 N–H and O–H groups in total. The molecule has 0 radical (unpaired) electrons. The molecule has 2 aromatic carbocycles. The molecule has 3 nitrogen and oxygen atoms in total. The van der Waals surface area contributed by atoms with Crippen LogP contribution in [0.15, 0.2) is 54.6 Å². The molecule has 0 aliphatic heterocycles. The van der Waals surface area contributed by atoms with Crippen LogP contribution in [0.25, 0.3) is 0 Å². The lowest BCUT2D eigenvalue weighted by Gasteiger charge is -2.17. The van der Waals surface area contributed by atoms with E-state index >= 15 is 0 Å². The monoisotopic (exact) mass is 269 g/mol. The molecule has 3 heteroatoms. The molecule has 2 aromatic rings. The maximum absolute atomic E-state index is 11.9. The molecular formula is C17H19NO2. The topological polar surface area (TPSA) is 29.5 Å². The van der Waals surface area contributed by atoms with E-state index in [1.54, 1.807) is 11.9 Å². The zero-order chi connectivity index (χ0) is 14.4. The lowest BCUT2D eigenvalue weighted by atomic mass is 10.1. The van der Waals surface area contributed by atoms with Gasteiger partial charge in [0.25, 0.3) is 0 Å². The van der Waals surface area contributed by atoms with Crippen molar-refractivity contribution in [1.29, 1.82) is 0 Å². The molecule has 1 amide bonds. The summed E-state index contributed by atoms with van der Waals surface area (Å²) in [5.41, 5.74) is 3.29. The number of aryl methyl sites for hydroxylation is 1. The molecule has 0 saturated heterocycles. The Morgan fingerprint density at radius 1 is 1.00 bits per heavy atom. The normalized spacial score (nSPS) is 10.1. The summed E-state index contributed by atoms with van der Waals surface area (Å²) in [5.74, 6) is 0. The summed E-state index contributed by atoms with van der Waals surface area (Å²) in [7, 11) is 1.74. The molecule has 0 aliphatic carbocycles. The first kappa shape index (κ1) is 14.1. The van der Waals surface area contributed by atoms with E-state index in [2.05, 4.69) is 0 Å². The number of benzene rings is 2. The van der Waals surface area contributed by atoms with Gasteiger partial charge in [-0.05, 0) is 18.1 Å². The molecule has 0 spiro atoms. The van der Waals surface area contributed by atoms with E-state index in [0.29, 0.717) is 13.2 Å². The maximum Gasteiger partial charge on any atom is 0.410 e. The van der Waals surface area contributed by atoms with Crippen LogP contribution in [0.5, 0.6) is 0 Å². The molecule has 20 heavy (non-hydrogen) atoms. The van der Waals surface area contributed by atoms with Crippen LogP contribution in [-0.2, 0) is 17.9 Å². The van der Waals surface area contributed by atoms with Crippen molar-refractivity contribution in [2.24, 2.45) is 0 Å². The Hall–Kier alpha value is -2.29. The second-order valence-corrected chi connectivity index (χ2v) is 4.88. The van der Waals surface area contributed by atoms with Gasteiger partial charge in [0.15, 0.2) is 0 Å². The quantitative estimate of drug-likeness (QED) is 0.845. The number of amides is 1. The first-order valence-corrected chi connectivity index (χ1v) is 6.62. The Bertz CT molecular complexity index is 549. The van der Waals surface area contributed by atoms with E-state index in [1.165, 1.54) is 5.56 Å². The number of carbonyl (C=O) groups excluding carboxylic acids is 1. The largest absolute Gasteiger partial charge is 0.445 e. The number of carbonyl (C=O) groups is 1. The third-order valence-corrected chi connectivity index (χ3v) is 3.06. The van der Waals surface area contributed by atoms with Crippen molar-refractivity contribution in [2.75, 3.05) is 7.05 Å². The summed E-state index contributed by atoms with van der Waals surface area (Å²) in [4.78, 5) is 13.5. The Balaban J connectivity index is 1.84. The van der Waals surface area contributed by atoms with Crippen molar-refractivity contribution >= 4 is 6.09 Å². The highest BCUT2D eigenvalue weighted by molar-refractivity contribution is 5.67. The second-order valence-electron chi connectivity index (χ2n) is 4.88. The molecule has 0 aliphatic rings. The molecule has 0 aromatic heterocycles. The minimum absolute atomic E-state index is 0.303. The van der Waals surface area contributed by atoms with Gasteiger partial charge >= 0.3 is 6.09 Å². The fraction of sp³-hybridized carbons (Fsp3) is 0.235. The van der Waals surface area contributed by atoms with E-state index < -0.39 is 0 Å². The van der Waals surface area contributed by atoms with Gasteiger partial charge in [0, 0.05) is 13.6 Å². The predicted octanol–water partition coefficient (Wildman–Crippen LogP) is 3.76. The lowest BCUT2D eigenvalue weighted by molar-refractivity contribution is 0.103. The van der Waals surface area contributed by atoms with Crippen molar-refractivity contribution in [3.8, 4) is 0 Å².